The fraction of sp³-hybridized carbons (Fsp3) is 0.250. The van der Waals surface area contributed by atoms with Gasteiger partial charge in [0.25, 0.3) is 0 Å². The molecule has 1 aromatic heterocycles. The van der Waals surface area contributed by atoms with Gasteiger partial charge in [0.15, 0.2) is 0 Å². The van der Waals surface area contributed by atoms with Crippen LogP contribution in [-0.2, 0) is 4.79 Å². The summed E-state index contributed by atoms with van der Waals surface area (Å²) < 4.78 is 0.624. The van der Waals surface area contributed by atoms with E-state index in [-0.39, 0.29) is 6.42 Å². The Morgan fingerprint density at radius 3 is 2.93 bits per heavy atom. The minimum absolute atomic E-state index is 0.159. The molecule has 1 atom stereocenters. The Labute approximate surface area is 94.2 Å². The molecule has 0 fully saturated rings. The van der Waals surface area contributed by atoms with Gasteiger partial charge in [-0.1, -0.05) is 11.6 Å². The fourth-order valence-corrected chi connectivity index (χ4v) is 1.92. The van der Waals surface area contributed by atoms with Crippen LogP contribution < -0.4 is 5.73 Å². The number of aromatic nitrogens is 1. The van der Waals surface area contributed by atoms with E-state index in [0.29, 0.717) is 15.2 Å². The zero-order valence-corrected chi connectivity index (χ0v) is 9.42. The minimum Gasteiger partial charge on any atom is -0.481 e. The van der Waals surface area contributed by atoms with Crippen LogP contribution in [0.15, 0.2) is 16.7 Å². The van der Waals surface area contributed by atoms with Crippen LogP contribution in [0.4, 0.5) is 0 Å². The summed E-state index contributed by atoms with van der Waals surface area (Å²) in [4.78, 5) is 14.4. The Morgan fingerprint density at radius 2 is 2.43 bits per heavy atom. The number of hydrogen-bond donors (Lipinski definition) is 2. The molecule has 0 amide bonds. The standard InChI is InChI=1S/C8H8BrClN2O2/c9-5-1-4(10)3-12-8(5)6(11)2-7(13)14/h1,3,6H,2,11H2,(H,13,14)/t6-/m0/s1. The Kier molecular flexibility index (Phi) is 3.86. The van der Waals surface area contributed by atoms with Gasteiger partial charge < -0.3 is 10.8 Å². The van der Waals surface area contributed by atoms with Gasteiger partial charge in [-0.2, -0.15) is 0 Å². The summed E-state index contributed by atoms with van der Waals surface area (Å²) in [6, 6.07) is 1.00. The van der Waals surface area contributed by atoms with Crippen molar-refractivity contribution in [3.8, 4) is 0 Å². The maximum absolute atomic E-state index is 10.4. The van der Waals surface area contributed by atoms with Crippen molar-refractivity contribution in [2.75, 3.05) is 0 Å². The van der Waals surface area contributed by atoms with Crippen LogP contribution in [0.25, 0.3) is 0 Å². The quantitative estimate of drug-likeness (QED) is 0.887. The molecule has 14 heavy (non-hydrogen) atoms. The fourth-order valence-electron chi connectivity index (χ4n) is 0.983. The molecule has 0 bridgehead atoms. The smallest absolute Gasteiger partial charge is 0.305 e. The largest absolute Gasteiger partial charge is 0.481 e. The van der Waals surface area contributed by atoms with E-state index in [2.05, 4.69) is 20.9 Å². The monoisotopic (exact) mass is 278 g/mol. The summed E-state index contributed by atoms with van der Waals surface area (Å²) in [7, 11) is 0. The van der Waals surface area contributed by atoms with Crippen molar-refractivity contribution >= 4 is 33.5 Å². The number of nitrogens with zero attached hydrogens (tertiary/aromatic N) is 1. The molecule has 0 aliphatic rings. The molecule has 0 unspecified atom stereocenters. The van der Waals surface area contributed by atoms with Gasteiger partial charge in [0.05, 0.1) is 23.2 Å². The molecule has 0 aliphatic carbocycles. The van der Waals surface area contributed by atoms with E-state index in [4.69, 9.17) is 22.4 Å². The summed E-state index contributed by atoms with van der Waals surface area (Å²) in [6.45, 7) is 0. The van der Waals surface area contributed by atoms with Crippen LogP contribution >= 0.6 is 27.5 Å². The number of carboxylic acids is 1. The van der Waals surface area contributed by atoms with Crippen LogP contribution in [-0.4, -0.2) is 16.1 Å². The highest BCUT2D eigenvalue weighted by Crippen LogP contribution is 2.24. The lowest BCUT2D eigenvalue weighted by Crippen LogP contribution is -2.16. The Hall–Kier alpha value is -0.650. The topological polar surface area (TPSA) is 76.2 Å². The van der Waals surface area contributed by atoms with E-state index in [0.717, 1.165) is 0 Å². The maximum atomic E-state index is 10.4. The highest BCUT2D eigenvalue weighted by Gasteiger charge is 2.15. The Balaban J connectivity index is 2.90. The molecule has 6 heteroatoms. The molecule has 0 radical (unpaired) electrons. The highest BCUT2D eigenvalue weighted by molar-refractivity contribution is 9.10. The predicted molar refractivity (Wildman–Crippen MR) is 56.1 cm³/mol. The summed E-state index contributed by atoms with van der Waals surface area (Å²) in [5.41, 5.74) is 6.13. The van der Waals surface area contributed by atoms with E-state index in [9.17, 15) is 4.79 Å². The van der Waals surface area contributed by atoms with Crippen molar-refractivity contribution < 1.29 is 9.90 Å². The van der Waals surface area contributed by atoms with Crippen molar-refractivity contribution in [1.29, 1.82) is 0 Å². The lowest BCUT2D eigenvalue weighted by Gasteiger charge is -2.10. The van der Waals surface area contributed by atoms with Crippen molar-refractivity contribution in [3.63, 3.8) is 0 Å². The maximum Gasteiger partial charge on any atom is 0.305 e. The summed E-state index contributed by atoms with van der Waals surface area (Å²) in [5.74, 6) is -0.957. The number of pyridine rings is 1. The number of aliphatic carboxylic acids is 1. The van der Waals surface area contributed by atoms with E-state index < -0.39 is 12.0 Å². The van der Waals surface area contributed by atoms with Crippen LogP contribution in [0.1, 0.15) is 18.2 Å². The third kappa shape index (κ3) is 2.94. The van der Waals surface area contributed by atoms with Crippen LogP contribution in [0.2, 0.25) is 5.02 Å². The molecular weight excluding hydrogens is 271 g/mol. The lowest BCUT2D eigenvalue weighted by molar-refractivity contribution is -0.137. The molecule has 1 rings (SSSR count). The molecule has 1 heterocycles. The second-order valence-corrected chi connectivity index (χ2v) is 4.02. The minimum atomic E-state index is -0.957. The number of rotatable bonds is 3. The lowest BCUT2D eigenvalue weighted by atomic mass is 10.1. The Bertz CT molecular complexity index is 359. The first-order valence-corrected chi connectivity index (χ1v) is 4.96. The van der Waals surface area contributed by atoms with Gasteiger partial charge in [-0.05, 0) is 22.0 Å². The molecule has 1 aromatic rings. The highest BCUT2D eigenvalue weighted by atomic mass is 79.9. The zero-order valence-electron chi connectivity index (χ0n) is 7.08. The molecule has 0 aliphatic heterocycles. The molecule has 3 N–H and O–H groups in total. The number of hydrogen-bond acceptors (Lipinski definition) is 3. The number of carbonyl (C=O) groups is 1. The molecule has 0 saturated carbocycles. The van der Waals surface area contributed by atoms with Crippen molar-refractivity contribution in [3.05, 3.63) is 27.5 Å². The molecule has 0 aromatic carbocycles. The number of halogens is 2. The van der Waals surface area contributed by atoms with Gasteiger partial charge in [-0.25, -0.2) is 0 Å². The van der Waals surface area contributed by atoms with Crippen LogP contribution in [0.5, 0.6) is 0 Å². The van der Waals surface area contributed by atoms with Gasteiger partial charge in [-0.15, -0.1) is 0 Å². The first-order chi connectivity index (χ1) is 6.50. The van der Waals surface area contributed by atoms with Crippen LogP contribution in [0.3, 0.4) is 0 Å². The molecule has 0 spiro atoms. The second-order valence-electron chi connectivity index (χ2n) is 2.72. The SMILES string of the molecule is N[C@@H](CC(=O)O)c1ncc(Cl)cc1Br. The van der Waals surface area contributed by atoms with Crippen molar-refractivity contribution in [2.45, 2.75) is 12.5 Å². The second kappa shape index (κ2) is 4.72. The summed E-state index contributed by atoms with van der Waals surface area (Å²) in [5, 5.41) is 9.02. The normalized spacial score (nSPS) is 12.5. The van der Waals surface area contributed by atoms with E-state index >= 15 is 0 Å². The van der Waals surface area contributed by atoms with Gasteiger partial charge in [-0.3, -0.25) is 9.78 Å². The summed E-state index contributed by atoms with van der Waals surface area (Å²) >= 11 is 8.90. The van der Waals surface area contributed by atoms with E-state index in [1.54, 1.807) is 6.07 Å². The van der Waals surface area contributed by atoms with Gasteiger partial charge in [0, 0.05) is 10.7 Å². The van der Waals surface area contributed by atoms with Crippen molar-refractivity contribution in [2.24, 2.45) is 5.73 Å². The van der Waals surface area contributed by atoms with Gasteiger partial charge in [0.2, 0.25) is 0 Å². The van der Waals surface area contributed by atoms with E-state index in [1.807, 2.05) is 0 Å². The first kappa shape index (κ1) is 11.4. The van der Waals surface area contributed by atoms with E-state index in [1.165, 1.54) is 6.20 Å². The van der Waals surface area contributed by atoms with Crippen molar-refractivity contribution in [1.82, 2.24) is 4.98 Å². The summed E-state index contributed by atoms with van der Waals surface area (Å²) in [6.07, 6.45) is 1.27. The molecule has 4 nitrogen and oxygen atoms in total. The van der Waals surface area contributed by atoms with Gasteiger partial charge in [0.1, 0.15) is 0 Å². The first-order valence-electron chi connectivity index (χ1n) is 3.79. The average Bonchev–Trinajstić information content (AvgIpc) is 2.01. The van der Waals surface area contributed by atoms with Gasteiger partial charge >= 0.3 is 5.97 Å². The molecule has 0 saturated heterocycles. The van der Waals surface area contributed by atoms with Crippen LogP contribution in [0, 0.1) is 0 Å². The average molecular weight is 280 g/mol. The third-order valence-electron chi connectivity index (χ3n) is 1.58. The Morgan fingerprint density at radius 1 is 1.79 bits per heavy atom. The predicted octanol–water partition coefficient (Wildman–Crippen LogP) is 1.97. The molecular formula is C8H8BrClN2O2. The third-order valence-corrected chi connectivity index (χ3v) is 2.42. The number of nitrogens with two attached hydrogens (primary N) is 1. The zero-order chi connectivity index (χ0) is 10.7. The number of carboxylic acid groups (broad SMARTS) is 1. The molecule has 76 valence electrons.